The van der Waals surface area contributed by atoms with Crippen molar-refractivity contribution in [3.63, 3.8) is 0 Å². The van der Waals surface area contributed by atoms with E-state index in [1.165, 1.54) is 0 Å². The van der Waals surface area contributed by atoms with Gasteiger partial charge in [0, 0.05) is 58.2 Å². The summed E-state index contributed by atoms with van der Waals surface area (Å²) in [6.07, 6.45) is 7.24. The van der Waals surface area contributed by atoms with Crippen LogP contribution in [0.5, 0.6) is 0 Å². The van der Waals surface area contributed by atoms with Gasteiger partial charge in [-0.15, -0.1) is 0 Å². The topological polar surface area (TPSA) is 103 Å². The maximum absolute atomic E-state index is 5.35. The monoisotopic (exact) mass is 918 g/mol. The molecule has 0 aliphatic rings. The molecule has 0 spiro atoms. The first-order valence-corrected chi connectivity index (χ1v) is 23.9. The van der Waals surface area contributed by atoms with Gasteiger partial charge in [-0.05, 0) is 125 Å². The van der Waals surface area contributed by atoms with Crippen LogP contribution in [0, 0.1) is 0 Å². The molecule has 14 aromatic rings. The average molecular weight is 919 g/mol. The van der Waals surface area contributed by atoms with Crippen LogP contribution in [0.4, 0.5) is 0 Å². The SMILES string of the molecule is c1cc(-c2ccncc2)cc(-c2nc(-c3cccc(-c4ccncc4)c3)nc(-c3ccc4ccc5c(-c6nc(-c7cccc8ccccc78)nc(-c7cccc8ccccc78)n6)ccc6ccc3c4c65)n2)c1. The van der Waals surface area contributed by atoms with E-state index in [1.54, 1.807) is 0 Å². The fourth-order valence-electron chi connectivity index (χ4n) is 10.3. The minimum absolute atomic E-state index is 0.576. The molecule has 4 heterocycles. The molecule has 8 heteroatoms. The summed E-state index contributed by atoms with van der Waals surface area (Å²) in [7, 11) is 0. The Morgan fingerprint density at radius 2 is 0.556 bits per heavy atom. The minimum Gasteiger partial charge on any atom is -0.265 e. The van der Waals surface area contributed by atoms with E-state index in [1.807, 2.05) is 49.1 Å². The molecule has 0 aliphatic heterocycles. The number of benzene rings is 10. The summed E-state index contributed by atoms with van der Waals surface area (Å²) in [5.74, 6) is 3.56. The van der Waals surface area contributed by atoms with Gasteiger partial charge in [0.15, 0.2) is 34.9 Å². The Hall–Kier alpha value is -9.92. The third kappa shape index (κ3) is 7.08. The summed E-state index contributed by atoms with van der Waals surface area (Å²) in [5, 5.41) is 10.9. The molecule has 0 saturated heterocycles. The van der Waals surface area contributed by atoms with Crippen molar-refractivity contribution >= 4 is 53.9 Å². The highest BCUT2D eigenvalue weighted by Crippen LogP contribution is 2.43. The molecule has 8 nitrogen and oxygen atoms in total. The van der Waals surface area contributed by atoms with Gasteiger partial charge >= 0.3 is 0 Å². The normalized spacial score (nSPS) is 11.6. The molecule has 0 fully saturated rings. The number of rotatable bonds is 8. The van der Waals surface area contributed by atoms with Gasteiger partial charge in [-0.3, -0.25) is 9.97 Å². The van der Waals surface area contributed by atoms with E-state index in [9.17, 15) is 0 Å². The number of nitrogens with zero attached hydrogens (tertiary/aromatic N) is 8. The highest BCUT2D eigenvalue weighted by molar-refractivity contribution is 6.27. The molecule has 72 heavy (non-hydrogen) atoms. The van der Waals surface area contributed by atoms with E-state index < -0.39 is 0 Å². The van der Waals surface area contributed by atoms with E-state index in [-0.39, 0.29) is 0 Å². The summed E-state index contributed by atoms with van der Waals surface area (Å²) < 4.78 is 0. The van der Waals surface area contributed by atoms with Crippen molar-refractivity contribution in [3.8, 4) is 90.6 Å². The molecule has 0 saturated carbocycles. The van der Waals surface area contributed by atoms with Crippen LogP contribution in [-0.2, 0) is 0 Å². The number of hydrogen-bond acceptors (Lipinski definition) is 8. The largest absolute Gasteiger partial charge is 0.265 e. The molecule has 0 radical (unpaired) electrons. The molecule has 0 amide bonds. The van der Waals surface area contributed by atoms with Crippen LogP contribution in [0.1, 0.15) is 0 Å². The van der Waals surface area contributed by atoms with E-state index in [0.717, 1.165) is 109 Å². The zero-order valence-electron chi connectivity index (χ0n) is 38.5. The summed E-state index contributed by atoms with van der Waals surface area (Å²) in [5.41, 5.74) is 9.68. The number of fused-ring (bicyclic) bond motifs is 2. The van der Waals surface area contributed by atoms with E-state index in [0.29, 0.717) is 34.9 Å². The second kappa shape index (κ2) is 16.9. The van der Waals surface area contributed by atoms with Gasteiger partial charge in [0.1, 0.15) is 0 Å². The standard InChI is InChI=1S/C64H38N8/c1-3-17-49-41(9-1)11-7-19-53(49)61-70-62(54-20-8-12-42-10-2-4-18-50(42)54)72-64(71-61)56-28-24-44-21-25-51-55(27-23-43-22-26-52(56)58(44)57(43)51)63-68-59(47-15-5-13-45(37-47)39-29-33-65-34-30-39)67-60(69-63)48-16-6-14-46(38-48)40-31-35-66-36-32-40/h1-38H. The average Bonchev–Trinajstić information content (AvgIpc) is 3.46. The van der Waals surface area contributed by atoms with Crippen molar-refractivity contribution in [1.82, 2.24) is 39.9 Å². The molecule has 4 aromatic heterocycles. The van der Waals surface area contributed by atoms with Crippen LogP contribution >= 0.6 is 0 Å². The zero-order valence-corrected chi connectivity index (χ0v) is 38.5. The van der Waals surface area contributed by atoms with Crippen molar-refractivity contribution in [2.45, 2.75) is 0 Å². The Balaban J connectivity index is 0.974. The summed E-state index contributed by atoms with van der Waals surface area (Å²) in [6.45, 7) is 0. The van der Waals surface area contributed by atoms with Crippen molar-refractivity contribution in [1.29, 1.82) is 0 Å². The molecule has 14 rings (SSSR count). The maximum Gasteiger partial charge on any atom is 0.164 e. The third-order valence-electron chi connectivity index (χ3n) is 13.7. The fourth-order valence-corrected chi connectivity index (χ4v) is 10.3. The Morgan fingerprint density at radius 1 is 0.208 bits per heavy atom. The molecular formula is C64H38N8. The smallest absolute Gasteiger partial charge is 0.164 e. The predicted molar refractivity (Wildman–Crippen MR) is 291 cm³/mol. The Bertz CT molecular complexity index is 4200. The van der Waals surface area contributed by atoms with Crippen molar-refractivity contribution in [2.75, 3.05) is 0 Å². The summed E-state index contributed by atoms with van der Waals surface area (Å²) >= 11 is 0. The van der Waals surface area contributed by atoms with Gasteiger partial charge in [0.2, 0.25) is 0 Å². The summed E-state index contributed by atoms with van der Waals surface area (Å²) in [6, 6.07) is 71.6. The lowest BCUT2D eigenvalue weighted by atomic mass is 9.89. The minimum atomic E-state index is 0.576. The van der Waals surface area contributed by atoms with Crippen molar-refractivity contribution in [3.05, 3.63) is 231 Å². The first-order valence-electron chi connectivity index (χ1n) is 23.9. The van der Waals surface area contributed by atoms with Gasteiger partial charge in [-0.25, -0.2) is 29.9 Å². The quantitative estimate of drug-likeness (QED) is 0.139. The number of hydrogen-bond donors (Lipinski definition) is 0. The lowest BCUT2D eigenvalue weighted by Gasteiger charge is -2.17. The highest BCUT2D eigenvalue weighted by atomic mass is 15.0. The van der Waals surface area contributed by atoms with E-state index in [4.69, 9.17) is 29.9 Å². The lowest BCUT2D eigenvalue weighted by Crippen LogP contribution is -2.02. The molecule has 0 unspecified atom stereocenters. The second-order valence-corrected chi connectivity index (χ2v) is 17.9. The van der Waals surface area contributed by atoms with Crippen molar-refractivity contribution in [2.24, 2.45) is 0 Å². The fraction of sp³-hybridized carbons (Fsp3) is 0. The lowest BCUT2D eigenvalue weighted by molar-refractivity contribution is 1.08. The molecule has 0 atom stereocenters. The second-order valence-electron chi connectivity index (χ2n) is 17.9. The molecule has 0 N–H and O–H groups in total. The van der Waals surface area contributed by atoms with Crippen LogP contribution < -0.4 is 0 Å². The molecular weight excluding hydrogens is 881 g/mol. The maximum atomic E-state index is 5.35. The first kappa shape index (κ1) is 41.1. The van der Waals surface area contributed by atoms with Gasteiger partial charge in [0.05, 0.1) is 0 Å². The van der Waals surface area contributed by atoms with Gasteiger partial charge in [-0.1, -0.05) is 158 Å². The van der Waals surface area contributed by atoms with Crippen LogP contribution in [0.3, 0.4) is 0 Å². The first-order chi connectivity index (χ1) is 35.7. The molecule has 0 aliphatic carbocycles. The summed E-state index contributed by atoms with van der Waals surface area (Å²) in [4.78, 5) is 40.3. The van der Waals surface area contributed by atoms with Crippen LogP contribution in [-0.4, -0.2) is 39.9 Å². The highest BCUT2D eigenvalue weighted by Gasteiger charge is 2.22. The van der Waals surface area contributed by atoms with Crippen LogP contribution in [0.2, 0.25) is 0 Å². The zero-order chi connectivity index (χ0) is 47.5. The van der Waals surface area contributed by atoms with E-state index >= 15 is 0 Å². The number of aromatic nitrogens is 8. The Labute approximate surface area is 413 Å². The molecule has 10 aromatic carbocycles. The van der Waals surface area contributed by atoms with Crippen molar-refractivity contribution < 1.29 is 0 Å². The third-order valence-corrected chi connectivity index (χ3v) is 13.7. The van der Waals surface area contributed by atoms with E-state index in [2.05, 4.69) is 192 Å². The number of pyridine rings is 2. The Morgan fingerprint density at radius 3 is 1.01 bits per heavy atom. The molecule has 0 bridgehead atoms. The predicted octanol–water partition coefficient (Wildman–Crippen LogP) is 15.4. The van der Waals surface area contributed by atoms with Gasteiger partial charge in [0.25, 0.3) is 0 Å². The Kier molecular flexibility index (Phi) is 9.67. The van der Waals surface area contributed by atoms with Gasteiger partial charge in [-0.2, -0.15) is 0 Å². The van der Waals surface area contributed by atoms with Crippen LogP contribution in [0.25, 0.3) is 144 Å². The van der Waals surface area contributed by atoms with Gasteiger partial charge < -0.3 is 0 Å². The molecule has 334 valence electrons. The van der Waals surface area contributed by atoms with Crippen LogP contribution in [0.15, 0.2) is 231 Å².